The summed E-state index contributed by atoms with van der Waals surface area (Å²) in [5.41, 5.74) is 2.76. The number of amides is 1. The van der Waals surface area contributed by atoms with E-state index in [1.807, 2.05) is 30.3 Å². The second-order valence-electron chi connectivity index (χ2n) is 7.61. The third kappa shape index (κ3) is 4.39. The molecular weight excluding hydrogens is 350 g/mol. The Morgan fingerprint density at radius 2 is 2.21 bits per heavy atom. The molecule has 1 aliphatic rings. The van der Waals surface area contributed by atoms with E-state index >= 15 is 0 Å². The smallest absolute Gasteiger partial charge is 0.225 e. The minimum atomic E-state index is 0.0302. The normalized spacial score (nSPS) is 17.7. The molecule has 1 fully saturated rings. The number of carbonyl (C=O) groups is 1. The zero-order valence-electron chi connectivity index (χ0n) is 16.3. The molecule has 6 heteroatoms. The first-order valence-electron chi connectivity index (χ1n) is 10.1. The molecule has 6 nitrogen and oxygen atoms in total. The predicted molar refractivity (Wildman–Crippen MR) is 112 cm³/mol. The fourth-order valence-electron chi connectivity index (χ4n) is 3.91. The number of hydrogen-bond donors (Lipinski definition) is 2. The molecule has 0 saturated carbocycles. The number of fused-ring (bicyclic) bond motifs is 1. The van der Waals surface area contributed by atoms with Crippen molar-refractivity contribution >= 4 is 22.6 Å². The molecule has 0 unspecified atom stereocenters. The lowest BCUT2D eigenvalue weighted by molar-refractivity contribution is -0.116. The number of pyridine rings is 1. The number of rotatable bonds is 6. The van der Waals surface area contributed by atoms with E-state index in [0.29, 0.717) is 18.3 Å². The zero-order chi connectivity index (χ0) is 19.3. The number of hydrogen-bond acceptors (Lipinski definition) is 4. The average Bonchev–Trinajstić information content (AvgIpc) is 3.17. The Bertz CT molecular complexity index is 951. The van der Waals surface area contributed by atoms with Crippen molar-refractivity contribution in [3.05, 3.63) is 42.6 Å². The molecule has 3 aromatic rings. The number of piperidine rings is 1. The van der Waals surface area contributed by atoms with Crippen LogP contribution in [0.2, 0.25) is 0 Å². The van der Waals surface area contributed by atoms with Crippen molar-refractivity contribution in [2.75, 3.05) is 18.4 Å². The van der Waals surface area contributed by atoms with Crippen LogP contribution in [0.4, 0.5) is 5.82 Å². The van der Waals surface area contributed by atoms with Crippen molar-refractivity contribution in [3.8, 4) is 11.3 Å². The molecule has 146 valence electrons. The fourth-order valence-corrected chi connectivity index (χ4v) is 3.91. The quantitative estimate of drug-likeness (QED) is 0.675. The molecule has 0 bridgehead atoms. The predicted octanol–water partition coefficient (Wildman–Crippen LogP) is 4.22. The van der Waals surface area contributed by atoms with Crippen LogP contribution in [-0.4, -0.2) is 45.1 Å². The van der Waals surface area contributed by atoms with Gasteiger partial charge >= 0.3 is 0 Å². The molecule has 2 aromatic heterocycles. The Kier molecular flexibility index (Phi) is 5.67. The van der Waals surface area contributed by atoms with Crippen LogP contribution in [0.1, 0.15) is 39.0 Å². The van der Waals surface area contributed by atoms with Crippen molar-refractivity contribution < 1.29 is 4.79 Å². The van der Waals surface area contributed by atoms with E-state index in [-0.39, 0.29) is 5.91 Å². The monoisotopic (exact) mass is 377 g/mol. The Balaban J connectivity index is 1.31. The van der Waals surface area contributed by atoms with Crippen molar-refractivity contribution in [2.24, 2.45) is 0 Å². The highest BCUT2D eigenvalue weighted by Crippen LogP contribution is 2.24. The summed E-state index contributed by atoms with van der Waals surface area (Å²) >= 11 is 0. The van der Waals surface area contributed by atoms with Gasteiger partial charge in [-0.25, -0.2) is 0 Å². The molecule has 1 aromatic carbocycles. The molecule has 1 saturated heterocycles. The maximum Gasteiger partial charge on any atom is 0.225 e. The van der Waals surface area contributed by atoms with Gasteiger partial charge < -0.3 is 10.2 Å². The van der Waals surface area contributed by atoms with Crippen molar-refractivity contribution in [3.63, 3.8) is 0 Å². The molecule has 3 heterocycles. The third-order valence-corrected chi connectivity index (χ3v) is 5.54. The summed E-state index contributed by atoms with van der Waals surface area (Å²) in [5.74, 6) is 0.667. The van der Waals surface area contributed by atoms with Gasteiger partial charge in [0.2, 0.25) is 5.91 Å². The Morgan fingerprint density at radius 3 is 3.11 bits per heavy atom. The van der Waals surface area contributed by atoms with Crippen LogP contribution in [-0.2, 0) is 4.79 Å². The number of nitrogens with one attached hydrogen (secondary N) is 2. The first-order chi connectivity index (χ1) is 13.7. The molecule has 1 aliphatic heterocycles. The van der Waals surface area contributed by atoms with E-state index < -0.39 is 0 Å². The number of nitrogens with zero attached hydrogens (tertiary/aromatic N) is 3. The number of aromatic amines is 1. The third-order valence-electron chi connectivity index (χ3n) is 5.54. The Hall–Kier alpha value is -2.73. The average molecular weight is 377 g/mol. The van der Waals surface area contributed by atoms with E-state index in [1.165, 1.54) is 19.3 Å². The lowest BCUT2D eigenvalue weighted by atomic mass is 10.0. The van der Waals surface area contributed by atoms with E-state index in [2.05, 4.69) is 38.4 Å². The molecule has 0 radical (unpaired) electrons. The van der Waals surface area contributed by atoms with E-state index in [1.54, 1.807) is 6.20 Å². The van der Waals surface area contributed by atoms with Crippen LogP contribution in [0.15, 0.2) is 42.6 Å². The summed E-state index contributed by atoms with van der Waals surface area (Å²) in [6.45, 7) is 4.44. The van der Waals surface area contributed by atoms with E-state index in [4.69, 9.17) is 0 Å². The van der Waals surface area contributed by atoms with Crippen molar-refractivity contribution in [2.45, 2.75) is 45.1 Å². The maximum absolute atomic E-state index is 12.3. The topological polar surface area (TPSA) is 73.9 Å². The minimum absolute atomic E-state index is 0.0302. The highest BCUT2D eigenvalue weighted by molar-refractivity contribution is 5.90. The number of likely N-dealkylation sites (tertiary alicyclic amines) is 1. The lowest BCUT2D eigenvalue weighted by Crippen LogP contribution is -2.38. The van der Waals surface area contributed by atoms with Crippen LogP contribution in [0.3, 0.4) is 0 Å². The van der Waals surface area contributed by atoms with Gasteiger partial charge in [0, 0.05) is 35.7 Å². The van der Waals surface area contributed by atoms with Gasteiger partial charge in [0.1, 0.15) is 5.82 Å². The first kappa shape index (κ1) is 18.6. The number of carbonyl (C=O) groups excluding carboxylic acids is 1. The SMILES string of the molecule is C[C@H]1CCCCN1CCCC(=O)Nc1cc(-c2ccc3ncccc3c2)n[nH]1. The van der Waals surface area contributed by atoms with Crippen molar-refractivity contribution in [1.29, 1.82) is 0 Å². The molecule has 2 N–H and O–H groups in total. The largest absolute Gasteiger partial charge is 0.311 e. The minimum Gasteiger partial charge on any atom is -0.311 e. The van der Waals surface area contributed by atoms with Gasteiger partial charge in [-0.2, -0.15) is 5.10 Å². The van der Waals surface area contributed by atoms with Crippen LogP contribution in [0.25, 0.3) is 22.2 Å². The van der Waals surface area contributed by atoms with Crippen LogP contribution < -0.4 is 5.32 Å². The van der Waals surface area contributed by atoms with Gasteiger partial charge in [0.25, 0.3) is 0 Å². The summed E-state index contributed by atoms with van der Waals surface area (Å²) in [5, 5.41) is 11.3. The molecule has 1 amide bonds. The first-order valence-corrected chi connectivity index (χ1v) is 10.1. The van der Waals surface area contributed by atoms with Crippen molar-refractivity contribution in [1.82, 2.24) is 20.1 Å². The molecule has 1 atom stereocenters. The summed E-state index contributed by atoms with van der Waals surface area (Å²) in [6, 6.07) is 12.5. The molecule has 0 spiro atoms. The zero-order valence-corrected chi connectivity index (χ0v) is 16.3. The van der Waals surface area contributed by atoms with E-state index in [0.717, 1.165) is 41.7 Å². The van der Waals surface area contributed by atoms with Gasteiger partial charge in [-0.05, 0) is 57.5 Å². The second-order valence-corrected chi connectivity index (χ2v) is 7.61. The van der Waals surface area contributed by atoms with Crippen LogP contribution in [0, 0.1) is 0 Å². The summed E-state index contributed by atoms with van der Waals surface area (Å²) < 4.78 is 0. The Labute approximate surface area is 165 Å². The number of H-pyrrole nitrogens is 1. The highest BCUT2D eigenvalue weighted by Gasteiger charge is 2.17. The van der Waals surface area contributed by atoms with Crippen LogP contribution >= 0.6 is 0 Å². The van der Waals surface area contributed by atoms with E-state index in [9.17, 15) is 4.79 Å². The summed E-state index contributed by atoms with van der Waals surface area (Å²) in [6.07, 6.45) is 7.07. The van der Waals surface area contributed by atoms with Gasteiger partial charge in [-0.15, -0.1) is 0 Å². The molecule has 28 heavy (non-hydrogen) atoms. The molecular formula is C22H27N5O. The standard InChI is InChI=1S/C22H27N5O/c1-16-6-2-3-12-27(16)13-5-8-22(28)24-21-15-20(25-26-21)18-9-10-19-17(14-18)7-4-11-23-19/h4,7,9-11,14-16H,2-3,5-6,8,12-13H2,1H3,(H2,24,25,26,28)/t16-/m0/s1. The maximum atomic E-state index is 12.3. The fraction of sp³-hybridized carbons (Fsp3) is 0.409. The van der Waals surface area contributed by atoms with Crippen LogP contribution in [0.5, 0.6) is 0 Å². The lowest BCUT2D eigenvalue weighted by Gasteiger charge is -2.33. The second kappa shape index (κ2) is 8.52. The van der Waals surface area contributed by atoms with Gasteiger partial charge in [0.05, 0.1) is 11.2 Å². The van der Waals surface area contributed by atoms with Gasteiger partial charge in [-0.3, -0.25) is 14.9 Å². The number of anilines is 1. The number of aromatic nitrogens is 3. The molecule has 4 rings (SSSR count). The summed E-state index contributed by atoms with van der Waals surface area (Å²) in [4.78, 5) is 19.1. The number of benzene rings is 1. The van der Waals surface area contributed by atoms with Gasteiger partial charge in [0.15, 0.2) is 0 Å². The summed E-state index contributed by atoms with van der Waals surface area (Å²) in [7, 11) is 0. The highest BCUT2D eigenvalue weighted by atomic mass is 16.1. The van der Waals surface area contributed by atoms with Gasteiger partial charge in [-0.1, -0.05) is 18.6 Å². The molecule has 0 aliphatic carbocycles. The Morgan fingerprint density at radius 1 is 1.29 bits per heavy atom.